The fourth-order valence-corrected chi connectivity index (χ4v) is 8.03. The summed E-state index contributed by atoms with van der Waals surface area (Å²) in [5, 5.41) is 12.2. The summed E-state index contributed by atoms with van der Waals surface area (Å²) in [6.45, 7) is 6.40. The van der Waals surface area contributed by atoms with Crippen molar-refractivity contribution in [1.29, 1.82) is 0 Å². The Morgan fingerprint density at radius 1 is 1.15 bits per heavy atom. The Morgan fingerprint density at radius 3 is 2.53 bits per heavy atom. The summed E-state index contributed by atoms with van der Waals surface area (Å²) in [6, 6.07) is 9.01. The molecule has 0 unspecified atom stereocenters. The molecule has 34 heavy (non-hydrogen) atoms. The maximum atomic E-state index is 12.3. The Bertz CT molecular complexity index is 1110. The molecule has 0 spiro atoms. The van der Waals surface area contributed by atoms with Gasteiger partial charge in [0.15, 0.2) is 5.78 Å². The molecule has 3 heteroatoms. The molecule has 4 aliphatic carbocycles. The van der Waals surface area contributed by atoms with Gasteiger partial charge in [-0.15, -0.1) is 5.92 Å². The lowest BCUT2D eigenvalue weighted by molar-refractivity contribution is -0.114. The van der Waals surface area contributed by atoms with Gasteiger partial charge in [-0.1, -0.05) is 37.5 Å². The highest BCUT2D eigenvalue weighted by Crippen LogP contribution is 2.68. The van der Waals surface area contributed by atoms with Crippen LogP contribution < -0.4 is 4.90 Å². The van der Waals surface area contributed by atoms with Crippen LogP contribution in [0.25, 0.3) is 0 Å². The molecule has 1 aromatic carbocycles. The monoisotopic (exact) mass is 457 g/mol. The number of allylic oxidation sites excluding steroid dienone is 4. The lowest BCUT2D eigenvalue weighted by Gasteiger charge is -2.54. The first-order valence-corrected chi connectivity index (χ1v) is 13.1. The zero-order valence-corrected chi connectivity index (χ0v) is 21.4. The summed E-state index contributed by atoms with van der Waals surface area (Å²) in [4.78, 5) is 14.4. The van der Waals surface area contributed by atoms with Gasteiger partial charge in [-0.05, 0) is 98.1 Å². The number of hydrogen-bond acceptors (Lipinski definition) is 3. The molecular weight excluding hydrogens is 418 g/mol. The van der Waals surface area contributed by atoms with Gasteiger partial charge in [0.2, 0.25) is 0 Å². The Hall–Kier alpha value is -2.31. The number of benzene rings is 1. The zero-order chi connectivity index (χ0) is 24.3. The van der Waals surface area contributed by atoms with E-state index in [0.717, 1.165) is 38.5 Å². The van der Waals surface area contributed by atoms with Crippen molar-refractivity contribution in [1.82, 2.24) is 0 Å². The summed E-state index contributed by atoms with van der Waals surface area (Å²) in [6.07, 6.45) is 8.43. The first-order chi connectivity index (χ1) is 16.2. The largest absolute Gasteiger partial charge is 0.378 e. The molecule has 0 radical (unpaired) electrons. The summed E-state index contributed by atoms with van der Waals surface area (Å²) in [5.74, 6) is 8.09. The van der Waals surface area contributed by atoms with E-state index in [4.69, 9.17) is 0 Å². The van der Waals surface area contributed by atoms with Gasteiger partial charge in [-0.3, -0.25) is 4.79 Å². The van der Waals surface area contributed by atoms with Gasteiger partial charge in [0.1, 0.15) is 5.60 Å². The Labute approximate surface area is 205 Å². The minimum Gasteiger partial charge on any atom is -0.378 e. The second-order valence-electron chi connectivity index (χ2n) is 11.5. The minimum absolute atomic E-state index is 0.209. The molecule has 0 amide bonds. The van der Waals surface area contributed by atoms with E-state index < -0.39 is 5.60 Å². The second-order valence-corrected chi connectivity index (χ2v) is 11.5. The summed E-state index contributed by atoms with van der Waals surface area (Å²) in [7, 11) is 4.15. The molecule has 2 saturated carbocycles. The van der Waals surface area contributed by atoms with Crippen molar-refractivity contribution in [3.8, 4) is 11.8 Å². The molecule has 0 aromatic heterocycles. The molecule has 1 N–H and O–H groups in total. The molecule has 5 rings (SSSR count). The van der Waals surface area contributed by atoms with Crippen LogP contribution in [0.5, 0.6) is 0 Å². The molecule has 3 nitrogen and oxygen atoms in total. The highest BCUT2D eigenvalue weighted by molar-refractivity contribution is 5.93. The third-order valence-corrected chi connectivity index (χ3v) is 9.74. The number of carbonyl (C=O) groups is 1. The number of anilines is 1. The molecule has 2 fully saturated rings. The highest BCUT2D eigenvalue weighted by atomic mass is 16.3. The fourth-order valence-electron chi connectivity index (χ4n) is 8.03. The number of rotatable bonds is 3. The number of nitrogens with zero attached hydrogens (tertiary/aromatic N) is 1. The third-order valence-electron chi connectivity index (χ3n) is 9.74. The Kier molecular flexibility index (Phi) is 5.80. The van der Waals surface area contributed by atoms with E-state index in [-0.39, 0.29) is 23.0 Å². The van der Waals surface area contributed by atoms with Crippen molar-refractivity contribution in [3.05, 3.63) is 52.6 Å². The number of aliphatic hydroxyl groups is 1. The summed E-state index contributed by atoms with van der Waals surface area (Å²) < 4.78 is 0. The molecule has 180 valence electrons. The lowest BCUT2D eigenvalue weighted by atomic mass is 9.51. The topological polar surface area (TPSA) is 40.5 Å². The summed E-state index contributed by atoms with van der Waals surface area (Å²) >= 11 is 0. The van der Waals surface area contributed by atoms with Crippen LogP contribution in [0.2, 0.25) is 0 Å². The summed E-state index contributed by atoms with van der Waals surface area (Å²) in [5.41, 5.74) is 5.67. The molecule has 0 aliphatic heterocycles. The Morgan fingerprint density at radius 2 is 1.88 bits per heavy atom. The minimum atomic E-state index is -0.947. The van der Waals surface area contributed by atoms with E-state index in [1.54, 1.807) is 5.57 Å². The van der Waals surface area contributed by atoms with Crippen molar-refractivity contribution in [2.45, 2.75) is 77.2 Å². The number of fused-ring (bicyclic) bond motifs is 4. The van der Waals surface area contributed by atoms with Crippen molar-refractivity contribution in [2.24, 2.45) is 23.2 Å². The number of hydrogen-bond donors (Lipinski definition) is 1. The van der Waals surface area contributed by atoms with E-state index in [2.05, 4.69) is 68.9 Å². The predicted octanol–water partition coefficient (Wildman–Crippen LogP) is 6.04. The van der Waals surface area contributed by atoms with Gasteiger partial charge in [0, 0.05) is 37.5 Å². The van der Waals surface area contributed by atoms with Gasteiger partial charge in [-0.2, -0.15) is 0 Å². The average molecular weight is 458 g/mol. The third kappa shape index (κ3) is 3.33. The zero-order valence-electron chi connectivity index (χ0n) is 21.4. The average Bonchev–Trinajstić information content (AvgIpc) is 3.04. The normalized spacial score (nSPS) is 36.6. The van der Waals surface area contributed by atoms with Gasteiger partial charge in [0.05, 0.1) is 0 Å². The van der Waals surface area contributed by atoms with Gasteiger partial charge >= 0.3 is 0 Å². The molecule has 4 aliphatic rings. The van der Waals surface area contributed by atoms with E-state index >= 15 is 0 Å². The van der Waals surface area contributed by atoms with Crippen LogP contribution in [-0.4, -0.2) is 30.6 Å². The van der Waals surface area contributed by atoms with Gasteiger partial charge in [-0.25, -0.2) is 0 Å². The predicted molar refractivity (Wildman–Crippen MR) is 139 cm³/mol. The fraction of sp³-hybridized carbons (Fsp3) is 0.581. The molecule has 0 saturated heterocycles. The standard InChI is InChI=1S/C31H39NO2/c1-6-16-31(34)22(7-2)18-28-26-14-10-21-17-24(33)13-15-25(21)29(26)27(19-30(28,31)3)20-8-11-23(12-9-20)32(4)5/h8-9,11-12,17,22,26-28,34H,7,10,13-15,18-19H2,1-5H3/t22-,26-,27+,28-,30-,31-/m0/s1. The van der Waals surface area contributed by atoms with E-state index in [9.17, 15) is 9.90 Å². The second kappa shape index (κ2) is 8.42. The first-order valence-electron chi connectivity index (χ1n) is 13.1. The van der Waals surface area contributed by atoms with Crippen LogP contribution in [0.3, 0.4) is 0 Å². The number of ketones is 1. The van der Waals surface area contributed by atoms with Crippen LogP contribution in [0.15, 0.2) is 47.1 Å². The molecule has 6 atom stereocenters. The van der Waals surface area contributed by atoms with E-state index in [0.29, 0.717) is 18.3 Å². The van der Waals surface area contributed by atoms with Crippen molar-refractivity contribution in [3.63, 3.8) is 0 Å². The molecular formula is C31H39NO2. The van der Waals surface area contributed by atoms with Crippen LogP contribution in [0.1, 0.15) is 77.2 Å². The molecule has 0 heterocycles. The maximum absolute atomic E-state index is 12.3. The SMILES string of the molecule is CC#C[C@]1(O)[C@@H](CC)C[C@H]2[C@@H]3CCC4=CC(=O)CCC4=C3[C@@H](c3ccc(N(C)C)cc3)C[C@@]21C. The molecule has 0 bridgehead atoms. The van der Waals surface area contributed by atoms with Crippen molar-refractivity contribution < 1.29 is 9.90 Å². The van der Waals surface area contributed by atoms with Crippen LogP contribution in [0.4, 0.5) is 5.69 Å². The van der Waals surface area contributed by atoms with E-state index in [1.165, 1.54) is 22.4 Å². The van der Waals surface area contributed by atoms with E-state index in [1.807, 2.05) is 13.0 Å². The van der Waals surface area contributed by atoms with Crippen LogP contribution >= 0.6 is 0 Å². The lowest BCUT2D eigenvalue weighted by Crippen LogP contribution is -2.52. The quantitative estimate of drug-likeness (QED) is 0.562. The van der Waals surface area contributed by atoms with Gasteiger partial charge in [0.25, 0.3) is 0 Å². The maximum Gasteiger partial charge on any atom is 0.156 e. The van der Waals surface area contributed by atoms with Crippen LogP contribution in [-0.2, 0) is 4.79 Å². The Balaban J connectivity index is 1.69. The highest BCUT2D eigenvalue weighted by Gasteiger charge is 2.65. The smallest absolute Gasteiger partial charge is 0.156 e. The molecule has 1 aromatic rings. The van der Waals surface area contributed by atoms with Crippen LogP contribution in [0, 0.1) is 35.0 Å². The van der Waals surface area contributed by atoms with Crippen molar-refractivity contribution in [2.75, 3.05) is 19.0 Å². The van der Waals surface area contributed by atoms with Crippen molar-refractivity contribution >= 4 is 11.5 Å². The number of carbonyl (C=O) groups excluding carboxylic acids is 1. The van der Waals surface area contributed by atoms with Gasteiger partial charge < -0.3 is 10.0 Å². The first kappa shape index (κ1) is 23.4.